The number of hydrogen-bond donors (Lipinski definition) is 2. The number of carboxylic acid groups (broad SMARTS) is 1. The second-order valence-electron chi connectivity index (χ2n) is 3.25. The minimum Gasteiger partial charge on any atom is -0.488 e. The Hall–Kier alpha value is -1.20. The van der Waals surface area contributed by atoms with Crippen molar-refractivity contribution in [3.63, 3.8) is 0 Å². The normalized spacial score (nSPS) is 10.2. The van der Waals surface area contributed by atoms with Crippen LogP contribution in [0.25, 0.3) is 0 Å². The summed E-state index contributed by atoms with van der Waals surface area (Å²) in [5.41, 5.74) is -0.595. The molecule has 0 aliphatic heterocycles. The summed E-state index contributed by atoms with van der Waals surface area (Å²) in [6.45, 7) is 5.11. The molecule has 0 spiro atoms. The molecule has 0 aromatic rings. The molecule has 12 heavy (non-hydrogen) atoms. The molecule has 0 rings (SSSR count). The first-order chi connectivity index (χ1) is 5.31. The number of nitrogens with one attached hydrogen (secondary N) is 1. The molecule has 0 aromatic carbocycles. The van der Waals surface area contributed by atoms with Crippen molar-refractivity contribution in [3.8, 4) is 0 Å². The van der Waals surface area contributed by atoms with Gasteiger partial charge in [-0.15, -0.1) is 0 Å². The van der Waals surface area contributed by atoms with E-state index in [-0.39, 0.29) is 0 Å². The summed E-state index contributed by atoms with van der Waals surface area (Å²) in [6, 6.07) is 0. The first-order valence-electron chi connectivity index (χ1n) is 3.50. The zero-order valence-electron chi connectivity index (χ0n) is 7.38. The van der Waals surface area contributed by atoms with Crippen molar-refractivity contribution >= 4 is 19.4 Å². The van der Waals surface area contributed by atoms with E-state index in [9.17, 15) is 9.59 Å². The van der Waals surface area contributed by atoms with Crippen molar-refractivity contribution in [3.05, 3.63) is 0 Å². The molecule has 0 bridgehead atoms. The highest BCUT2D eigenvalue weighted by atomic mass is 16.6. The standard InChI is InChI=1S/C6H12BNO4/c1-6(2,3)12-5(11)8-7-4(9)10/h7H,1-3H3,(H,8,11)(H,9,10). The van der Waals surface area contributed by atoms with Crippen molar-refractivity contribution < 1.29 is 19.4 Å². The zero-order chi connectivity index (χ0) is 9.78. The van der Waals surface area contributed by atoms with Gasteiger partial charge in [0, 0.05) is 0 Å². The van der Waals surface area contributed by atoms with Gasteiger partial charge in [-0.1, -0.05) is 0 Å². The smallest absolute Gasteiger partial charge is 0.395 e. The summed E-state index contributed by atoms with van der Waals surface area (Å²) in [7, 11) is -0.422. The third-order valence-electron chi connectivity index (χ3n) is 0.783. The molecule has 0 atom stereocenters. The lowest BCUT2D eigenvalue weighted by Crippen LogP contribution is -2.37. The number of rotatable bonds is 2. The molecular formula is C6H12BNO4. The predicted molar refractivity (Wildman–Crippen MR) is 44.5 cm³/mol. The van der Waals surface area contributed by atoms with E-state index in [0.717, 1.165) is 0 Å². The van der Waals surface area contributed by atoms with Crippen LogP contribution >= 0.6 is 0 Å². The highest BCUT2D eigenvalue weighted by molar-refractivity contribution is 6.71. The van der Waals surface area contributed by atoms with Gasteiger partial charge in [-0.25, -0.2) is 4.79 Å². The average molecular weight is 173 g/mol. The Kier molecular flexibility index (Phi) is 3.59. The molecule has 0 aliphatic carbocycles. The molecule has 0 aromatic heterocycles. The molecule has 2 N–H and O–H groups in total. The Labute approximate surface area is 71.4 Å². The second-order valence-corrected chi connectivity index (χ2v) is 3.25. The quantitative estimate of drug-likeness (QED) is 0.597. The van der Waals surface area contributed by atoms with Gasteiger partial charge in [0.2, 0.25) is 0 Å². The Morgan fingerprint density at radius 2 is 1.92 bits per heavy atom. The van der Waals surface area contributed by atoms with Crippen molar-refractivity contribution in [1.82, 2.24) is 5.23 Å². The summed E-state index contributed by atoms with van der Waals surface area (Å²) in [5.74, 6) is -1.10. The average Bonchev–Trinajstić information content (AvgIpc) is 1.79. The van der Waals surface area contributed by atoms with E-state index in [1.165, 1.54) is 0 Å². The molecule has 5 nitrogen and oxygen atoms in total. The monoisotopic (exact) mass is 173 g/mol. The van der Waals surface area contributed by atoms with Crippen LogP contribution in [0, 0.1) is 0 Å². The van der Waals surface area contributed by atoms with E-state index in [0.29, 0.717) is 0 Å². The van der Waals surface area contributed by atoms with Crippen LogP contribution in [0.15, 0.2) is 0 Å². The van der Waals surface area contributed by atoms with Crippen molar-refractivity contribution in [2.75, 3.05) is 0 Å². The van der Waals surface area contributed by atoms with E-state index < -0.39 is 25.0 Å². The zero-order valence-corrected chi connectivity index (χ0v) is 7.38. The molecule has 0 fully saturated rings. The Bertz CT molecular complexity index is 186. The van der Waals surface area contributed by atoms with Gasteiger partial charge in [-0.05, 0) is 20.8 Å². The number of hydrogen-bond acceptors (Lipinski definition) is 3. The van der Waals surface area contributed by atoms with Crippen LogP contribution in [0.2, 0.25) is 0 Å². The minimum absolute atomic E-state index is 0.422. The number of carbonyl (C=O) groups is 2. The topological polar surface area (TPSA) is 75.6 Å². The van der Waals surface area contributed by atoms with Gasteiger partial charge >= 0.3 is 13.5 Å². The van der Waals surface area contributed by atoms with E-state index in [4.69, 9.17) is 9.84 Å². The fourth-order valence-electron chi connectivity index (χ4n) is 0.462. The number of ether oxygens (including phenoxy) is 1. The van der Waals surface area contributed by atoms with Gasteiger partial charge in [-0.3, -0.25) is 4.79 Å². The molecule has 0 saturated heterocycles. The van der Waals surface area contributed by atoms with Crippen LogP contribution in [0.4, 0.5) is 9.59 Å². The van der Waals surface area contributed by atoms with Crippen LogP contribution < -0.4 is 5.23 Å². The van der Waals surface area contributed by atoms with E-state index in [1.54, 1.807) is 20.8 Å². The van der Waals surface area contributed by atoms with Crippen LogP contribution in [-0.2, 0) is 4.74 Å². The molecular weight excluding hydrogens is 161 g/mol. The fourth-order valence-corrected chi connectivity index (χ4v) is 0.462. The van der Waals surface area contributed by atoms with Crippen molar-refractivity contribution in [2.45, 2.75) is 26.4 Å². The van der Waals surface area contributed by atoms with Crippen LogP contribution in [0.3, 0.4) is 0 Å². The van der Waals surface area contributed by atoms with Crippen molar-refractivity contribution in [2.24, 2.45) is 0 Å². The molecule has 0 unspecified atom stereocenters. The highest BCUT2D eigenvalue weighted by Gasteiger charge is 2.16. The lowest BCUT2D eigenvalue weighted by Gasteiger charge is -2.19. The molecule has 0 heterocycles. The number of amides is 1. The van der Waals surface area contributed by atoms with Crippen LogP contribution in [-0.4, -0.2) is 30.1 Å². The van der Waals surface area contributed by atoms with Gasteiger partial charge in [0.25, 0.3) is 5.87 Å². The maximum absolute atomic E-state index is 10.8. The minimum atomic E-state index is -1.10. The third-order valence-corrected chi connectivity index (χ3v) is 0.783. The fraction of sp³-hybridized carbons (Fsp3) is 0.667. The summed E-state index contributed by atoms with van der Waals surface area (Å²) >= 11 is 0. The Balaban J connectivity index is 3.68. The van der Waals surface area contributed by atoms with Gasteiger partial charge in [0.05, 0.1) is 0 Å². The summed E-state index contributed by atoms with van der Waals surface area (Å²) in [4.78, 5) is 20.8. The van der Waals surface area contributed by atoms with E-state index >= 15 is 0 Å². The second kappa shape index (κ2) is 3.99. The summed E-state index contributed by atoms with van der Waals surface area (Å²) < 4.78 is 4.77. The molecule has 6 heteroatoms. The Morgan fingerprint density at radius 3 is 2.25 bits per heavy atom. The number of carbonyl (C=O) groups excluding carboxylic acids is 1. The Morgan fingerprint density at radius 1 is 1.42 bits per heavy atom. The van der Waals surface area contributed by atoms with Gasteiger partial charge in [0.1, 0.15) is 5.60 Å². The summed E-state index contributed by atoms with van der Waals surface area (Å²) in [5, 5.41) is 10.3. The van der Waals surface area contributed by atoms with E-state index in [1.807, 2.05) is 0 Å². The SMILES string of the molecule is CC(C)(C)OC(=O)NBC(=O)O. The molecule has 0 radical (unpaired) electrons. The lowest BCUT2D eigenvalue weighted by atomic mass is 9.97. The molecule has 0 saturated carbocycles. The lowest BCUT2D eigenvalue weighted by molar-refractivity contribution is 0.0567. The van der Waals surface area contributed by atoms with Gasteiger partial charge in [-0.2, -0.15) is 0 Å². The van der Waals surface area contributed by atoms with Gasteiger partial charge in [0.15, 0.2) is 0 Å². The van der Waals surface area contributed by atoms with Crippen LogP contribution in [0.5, 0.6) is 0 Å². The van der Waals surface area contributed by atoms with Gasteiger partial charge < -0.3 is 15.1 Å². The maximum atomic E-state index is 10.8. The third kappa shape index (κ3) is 6.92. The first kappa shape index (κ1) is 10.8. The largest absolute Gasteiger partial charge is 0.488 e. The molecule has 0 aliphatic rings. The highest BCUT2D eigenvalue weighted by Crippen LogP contribution is 2.05. The molecule has 68 valence electrons. The predicted octanol–water partition coefficient (Wildman–Crippen LogP) is 0.541. The van der Waals surface area contributed by atoms with E-state index in [2.05, 4.69) is 5.23 Å². The first-order valence-corrected chi connectivity index (χ1v) is 3.50. The molecule has 1 amide bonds. The van der Waals surface area contributed by atoms with Crippen LogP contribution in [0.1, 0.15) is 20.8 Å². The van der Waals surface area contributed by atoms with Crippen molar-refractivity contribution in [1.29, 1.82) is 0 Å². The maximum Gasteiger partial charge on any atom is 0.395 e. The summed E-state index contributed by atoms with van der Waals surface area (Å²) in [6.07, 6.45) is -0.718.